The zero-order chi connectivity index (χ0) is 15.1. The summed E-state index contributed by atoms with van der Waals surface area (Å²) in [7, 11) is 4.11. The van der Waals surface area contributed by atoms with Crippen molar-refractivity contribution in [2.75, 3.05) is 45.6 Å². The second kappa shape index (κ2) is 7.93. The lowest BCUT2D eigenvalue weighted by Gasteiger charge is -2.26. The maximum absolute atomic E-state index is 12.2. The third kappa shape index (κ3) is 4.97. The van der Waals surface area contributed by atoms with Crippen LogP contribution in [0.1, 0.15) is 36.2 Å². The summed E-state index contributed by atoms with van der Waals surface area (Å²) in [6.07, 6.45) is 7.65. The molecule has 1 aromatic heterocycles. The summed E-state index contributed by atoms with van der Waals surface area (Å²) in [5, 5.41) is 3.22. The third-order valence-corrected chi connectivity index (χ3v) is 3.60. The first-order valence-electron chi connectivity index (χ1n) is 7.67. The Hall–Kier alpha value is -1.69. The van der Waals surface area contributed by atoms with Gasteiger partial charge in [-0.2, -0.15) is 0 Å². The molecule has 0 spiro atoms. The van der Waals surface area contributed by atoms with Gasteiger partial charge in [-0.15, -0.1) is 0 Å². The number of nitrogens with one attached hydrogen (secondary N) is 1. The molecular formula is C15H25N5O. The smallest absolute Gasteiger partial charge is 0.274 e. The first kappa shape index (κ1) is 15.7. The van der Waals surface area contributed by atoms with E-state index in [0.29, 0.717) is 5.69 Å². The van der Waals surface area contributed by atoms with Crippen LogP contribution in [-0.2, 0) is 0 Å². The molecule has 21 heavy (non-hydrogen) atoms. The lowest BCUT2D eigenvalue weighted by Crippen LogP contribution is -2.36. The van der Waals surface area contributed by atoms with E-state index in [0.717, 1.165) is 51.3 Å². The number of rotatable bonds is 6. The normalized spacial score (nSPS) is 15.3. The Morgan fingerprint density at radius 1 is 1.24 bits per heavy atom. The van der Waals surface area contributed by atoms with Crippen LogP contribution < -0.4 is 5.32 Å². The van der Waals surface area contributed by atoms with Gasteiger partial charge in [0.25, 0.3) is 5.91 Å². The van der Waals surface area contributed by atoms with Crippen molar-refractivity contribution in [2.45, 2.75) is 25.7 Å². The molecule has 1 amide bonds. The zero-order valence-corrected chi connectivity index (χ0v) is 13.0. The van der Waals surface area contributed by atoms with Crippen LogP contribution in [0.15, 0.2) is 12.4 Å². The van der Waals surface area contributed by atoms with Crippen LogP contribution in [-0.4, -0.2) is 65.9 Å². The average molecular weight is 291 g/mol. The Balaban J connectivity index is 1.82. The van der Waals surface area contributed by atoms with Crippen molar-refractivity contribution in [3.05, 3.63) is 18.1 Å². The summed E-state index contributed by atoms with van der Waals surface area (Å²) >= 11 is 0. The Kier molecular flexibility index (Phi) is 5.92. The predicted octanol–water partition coefficient (Wildman–Crippen LogP) is 1.47. The second-order valence-electron chi connectivity index (χ2n) is 5.72. The molecule has 116 valence electrons. The molecule has 0 aromatic carbocycles. The van der Waals surface area contributed by atoms with E-state index >= 15 is 0 Å². The van der Waals surface area contributed by atoms with Gasteiger partial charge < -0.3 is 15.1 Å². The summed E-state index contributed by atoms with van der Waals surface area (Å²) in [4.78, 5) is 24.8. The van der Waals surface area contributed by atoms with Gasteiger partial charge in [0.05, 0.1) is 12.4 Å². The lowest BCUT2D eigenvalue weighted by atomic mass is 10.1. The number of carbonyl (C=O) groups is 1. The number of anilines is 1. The molecular weight excluding hydrogens is 266 g/mol. The Morgan fingerprint density at radius 3 is 2.62 bits per heavy atom. The number of piperidine rings is 1. The number of hydrogen-bond acceptors (Lipinski definition) is 5. The summed E-state index contributed by atoms with van der Waals surface area (Å²) in [6, 6.07) is 0. The first-order valence-corrected chi connectivity index (χ1v) is 7.67. The van der Waals surface area contributed by atoms with Crippen molar-refractivity contribution in [1.29, 1.82) is 0 Å². The minimum atomic E-state index is 0.00126. The molecule has 6 nitrogen and oxygen atoms in total. The molecule has 0 radical (unpaired) electrons. The number of carbonyl (C=O) groups excluding carboxylic acids is 1. The van der Waals surface area contributed by atoms with Gasteiger partial charge >= 0.3 is 0 Å². The number of hydrogen-bond donors (Lipinski definition) is 1. The average Bonchev–Trinajstić information content (AvgIpc) is 2.52. The molecule has 0 saturated carbocycles. The molecule has 1 aromatic rings. The van der Waals surface area contributed by atoms with Crippen LogP contribution in [0.5, 0.6) is 0 Å². The van der Waals surface area contributed by atoms with E-state index in [4.69, 9.17) is 0 Å². The molecule has 1 fully saturated rings. The van der Waals surface area contributed by atoms with Crippen molar-refractivity contribution in [2.24, 2.45) is 0 Å². The van der Waals surface area contributed by atoms with E-state index < -0.39 is 0 Å². The van der Waals surface area contributed by atoms with Gasteiger partial charge in [0.1, 0.15) is 11.5 Å². The number of amides is 1. The fraction of sp³-hybridized carbons (Fsp3) is 0.667. The van der Waals surface area contributed by atoms with Crippen molar-refractivity contribution in [3.63, 3.8) is 0 Å². The van der Waals surface area contributed by atoms with Gasteiger partial charge in [0.15, 0.2) is 0 Å². The van der Waals surface area contributed by atoms with Gasteiger partial charge in [-0.1, -0.05) is 0 Å². The highest BCUT2D eigenvalue weighted by molar-refractivity contribution is 5.92. The highest BCUT2D eigenvalue weighted by Gasteiger charge is 2.19. The van der Waals surface area contributed by atoms with Crippen LogP contribution in [0, 0.1) is 0 Å². The molecule has 2 heterocycles. The standard InChI is InChI=1S/C15H25N5O/c1-19(2)8-6-7-16-14-12-17-13(11-18-14)15(21)20-9-4-3-5-10-20/h11-12H,3-10H2,1-2H3,(H,16,18). The Morgan fingerprint density at radius 2 is 2.00 bits per heavy atom. The SMILES string of the molecule is CN(C)CCCNc1cnc(C(=O)N2CCCCC2)cn1. The minimum absolute atomic E-state index is 0.00126. The van der Waals surface area contributed by atoms with E-state index in [1.165, 1.54) is 6.42 Å². The summed E-state index contributed by atoms with van der Waals surface area (Å²) in [6.45, 7) is 3.56. The molecule has 1 aliphatic heterocycles. The molecule has 0 atom stereocenters. The van der Waals surface area contributed by atoms with Crippen LogP contribution in [0.3, 0.4) is 0 Å². The van der Waals surface area contributed by atoms with E-state index in [1.807, 2.05) is 4.90 Å². The van der Waals surface area contributed by atoms with E-state index in [-0.39, 0.29) is 5.91 Å². The van der Waals surface area contributed by atoms with Crippen molar-refractivity contribution in [3.8, 4) is 0 Å². The molecule has 6 heteroatoms. The summed E-state index contributed by atoms with van der Waals surface area (Å²) in [5.74, 6) is 0.727. The number of aromatic nitrogens is 2. The van der Waals surface area contributed by atoms with Crippen LogP contribution in [0.2, 0.25) is 0 Å². The molecule has 0 aliphatic carbocycles. The lowest BCUT2D eigenvalue weighted by molar-refractivity contribution is 0.0718. The van der Waals surface area contributed by atoms with Crippen molar-refractivity contribution in [1.82, 2.24) is 19.8 Å². The van der Waals surface area contributed by atoms with Crippen LogP contribution in [0.25, 0.3) is 0 Å². The Labute approximate surface area is 126 Å². The van der Waals surface area contributed by atoms with E-state index in [1.54, 1.807) is 12.4 Å². The molecule has 2 rings (SSSR count). The van der Waals surface area contributed by atoms with Crippen molar-refractivity contribution < 1.29 is 4.79 Å². The van der Waals surface area contributed by atoms with E-state index in [2.05, 4.69) is 34.3 Å². The maximum atomic E-state index is 12.2. The highest BCUT2D eigenvalue weighted by Crippen LogP contribution is 2.12. The van der Waals surface area contributed by atoms with Gasteiger partial charge in [-0.25, -0.2) is 9.97 Å². The Bertz CT molecular complexity index is 440. The fourth-order valence-corrected chi connectivity index (χ4v) is 2.40. The first-order chi connectivity index (χ1) is 10.2. The zero-order valence-electron chi connectivity index (χ0n) is 13.0. The van der Waals surface area contributed by atoms with Gasteiger partial charge in [0.2, 0.25) is 0 Å². The molecule has 1 N–H and O–H groups in total. The maximum Gasteiger partial charge on any atom is 0.274 e. The van der Waals surface area contributed by atoms with E-state index in [9.17, 15) is 4.79 Å². The summed E-state index contributed by atoms with van der Waals surface area (Å²) < 4.78 is 0. The van der Waals surface area contributed by atoms with Gasteiger partial charge in [0, 0.05) is 19.6 Å². The van der Waals surface area contributed by atoms with Gasteiger partial charge in [-0.05, 0) is 46.3 Å². The van der Waals surface area contributed by atoms with Gasteiger partial charge in [-0.3, -0.25) is 4.79 Å². The van der Waals surface area contributed by atoms with Crippen LogP contribution >= 0.6 is 0 Å². The molecule has 1 aliphatic rings. The highest BCUT2D eigenvalue weighted by atomic mass is 16.2. The predicted molar refractivity (Wildman–Crippen MR) is 83.4 cm³/mol. The molecule has 1 saturated heterocycles. The monoisotopic (exact) mass is 291 g/mol. The van der Waals surface area contributed by atoms with Crippen LogP contribution in [0.4, 0.5) is 5.82 Å². The third-order valence-electron chi connectivity index (χ3n) is 3.60. The second-order valence-corrected chi connectivity index (χ2v) is 5.72. The number of nitrogens with zero attached hydrogens (tertiary/aromatic N) is 4. The fourth-order valence-electron chi connectivity index (χ4n) is 2.40. The topological polar surface area (TPSA) is 61.4 Å². The molecule has 0 bridgehead atoms. The minimum Gasteiger partial charge on any atom is -0.369 e. The summed E-state index contributed by atoms with van der Waals surface area (Å²) in [5.41, 5.74) is 0.441. The molecule has 0 unspecified atom stereocenters. The number of likely N-dealkylation sites (tertiary alicyclic amines) is 1. The van der Waals surface area contributed by atoms with Crippen molar-refractivity contribution >= 4 is 11.7 Å². The largest absolute Gasteiger partial charge is 0.369 e. The quantitative estimate of drug-likeness (QED) is 0.804.